The van der Waals surface area contributed by atoms with Crippen LogP contribution in [0.2, 0.25) is 0 Å². The van der Waals surface area contributed by atoms with Gasteiger partial charge in [0.05, 0.1) is 6.54 Å². The van der Waals surface area contributed by atoms with E-state index < -0.39 is 0 Å². The van der Waals surface area contributed by atoms with Gasteiger partial charge in [0.25, 0.3) is 0 Å². The fourth-order valence-corrected chi connectivity index (χ4v) is 2.59. The molecule has 3 aromatic rings. The summed E-state index contributed by atoms with van der Waals surface area (Å²) in [6.07, 6.45) is 0. The number of aromatic nitrogens is 5. The molecule has 9 heteroatoms. The lowest BCUT2D eigenvalue weighted by molar-refractivity contribution is 0.400. The van der Waals surface area contributed by atoms with Gasteiger partial charge >= 0.3 is 11.7 Å². The van der Waals surface area contributed by atoms with Gasteiger partial charge < -0.3 is 9.42 Å². The fraction of sp³-hybridized carbons (Fsp3) is 0.286. The molecule has 0 amide bonds. The minimum absolute atomic E-state index is 0.128. The van der Waals surface area contributed by atoms with Gasteiger partial charge in [0, 0.05) is 25.7 Å². The molecule has 1 aliphatic heterocycles. The van der Waals surface area contributed by atoms with E-state index >= 15 is 0 Å². The first-order valence-corrected chi connectivity index (χ1v) is 7.09. The third-order valence-corrected chi connectivity index (χ3v) is 3.80. The van der Waals surface area contributed by atoms with Crippen LogP contribution in [-0.4, -0.2) is 31.0 Å². The minimum Gasteiger partial charge on any atom is -0.315 e. The second-order valence-corrected chi connectivity index (χ2v) is 5.30. The summed E-state index contributed by atoms with van der Waals surface area (Å²) in [6.45, 7) is 1.50. The number of hydrogen-bond donors (Lipinski definition) is 0. The standard InChI is InChI=1S/C14H13FN6O2/c1-19-14(22)21-7-6-20(8-11(21)17-19)13-16-12(18-23-13)9-2-4-10(15)5-3-9/h2-5H,6-8H2,1H3. The van der Waals surface area contributed by atoms with Crippen LogP contribution in [0, 0.1) is 5.82 Å². The molecule has 0 fully saturated rings. The molecule has 3 heterocycles. The summed E-state index contributed by atoms with van der Waals surface area (Å²) in [5.41, 5.74) is 0.547. The Balaban J connectivity index is 1.60. The van der Waals surface area contributed by atoms with Gasteiger partial charge in [-0.05, 0) is 24.3 Å². The molecule has 0 unspecified atom stereocenters. The first-order chi connectivity index (χ1) is 11.1. The summed E-state index contributed by atoms with van der Waals surface area (Å²) < 4.78 is 21.2. The van der Waals surface area contributed by atoms with Crippen LogP contribution in [0.5, 0.6) is 0 Å². The van der Waals surface area contributed by atoms with E-state index in [0.29, 0.717) is 42.9 Å². The Kier molecular flexibility index (Phi) is 3.00. The molecule has 0 atom stereocenters. The number of benzene rings is 1. The summed E-state index contributed by atoms with van der Waals surface area (Å²) in [6, 6.07) is 6.24. The molecule has 1 aliphatic rings. The molecule has 0 spiro atoms. The van der Waals surface area contributed by atoms with Gasteiger partial charge in [-0.2, -0.15) is 10.1 Å². The maximum absolute atomic E-state index is 13.0. The van der Waals surface area contributed by atoms with Crippen molar-refractivity contribution in [3.05, 3.63) is 46.4 Å². The predicted molar refractivity (Wildman–Crippen MR) is 78.2 cm³/mol. The summed E-state index contributed by atoms with van der Waals surface area (Å²) >= 11 is 0. The van der Waals surface area contributed by atoms with Crippen LogP contribution in [0.25, 0.3) is 11.4 Å². The highest BCUT2D eigenvalue weighted by molar-refractivity contribution is 5.55. The third kappa shape index (κ3) is 2.30. The SMILES string of the molecule is Cn1nc2n(c1=O)CCN(c1nc(-c3ccc(F)cc3)no1)C2. The van der Waals surface area contributed by atoms with E-state index in [9.17, 15) is 9.18 Å². The van der Waals surface area contributed by atoms with E-state index in [1.165, 1.54) is 16.8 Å². The van der Waals surface area contributed by atoms with Gasteiger partial charge in [-0.1, -0.05) is 5.16 Å². The normalized spacial score (nSPS) is 14.1. The van der Waals surface area contributed by atoms with Crippen LogP contribution in [0.3, 0.4) is 0 Å². The van der Waals surface area contributed by atoms with Crippen LogP contribution < -0.4 is 10.6 Å². The Bertz CT molecular complexity index is 910. The molecule has 0 N–H and O–H groups in total. The van der Waals surface area contributed by atoms with Gasteiger partial charge in [0.2, 0.25) is 5.82 Å². The highest BCUT2D eigenvalue weighted by Gasteiger charge is 2.24. The van der Waals surface area contributed by atoms with Gasteiger partial charge in [-0.15, -0.1) is 0 Å². The number of rotatable bonds is 2. The maximum atomic E-state index is 13.0. The second kappa shape index (κ2) is 5.04. The summed E-state index contributed by atoms with van der Waals surface area (Å²) in [5, 5.41) is 8.12. The molecule has 2 aromatic heterocycles. The van der Waals surface area contributed by atoms with Crippen molar-refractivity contribution < 1.29 is 8.91 Å². The highest BCUT2D eigenvalue weighted by Crippen LogP contribution is 2.22. The molecule has 4 rings (SSSR count). The van der Waals surface area contributed by atoms with E-state index in [0.717, 1.165) is 0 Å². The van der Waals surface area contributed by atoms with Crippen LogP contribution in [0.15, 0.2) is 33.6 Å². The molecule has 1 aromatic carbocycles. The van der Waals surface area contributed by atoms with Crippen molar-refractivity contribution >= 4 is 6.01 Å². The van der Waals surface area contributed by atoms with Crippen molar-refractivity contribution in [1.29, 1.82) is 0 Å². The zero-order valence-corrected chi connectivity index (χ0v) is 12.3. The number of fused-ring (bicyclic) bond motifs is 1. The second-order valence-electron chi connectivity index (χ2n) is 5.30. The molecular formula is C14H13FN6O2. The van der Waals surface area contributed by atoms with Crippen molar-refractivity contribution in [1.82, 2.24) is 24.5 Å². The van der Waals surface area contributed by atoms with Gasteiger partial charge in [-0.25, -0.2) is 13.9 Å². The number of hydrogen-bond acceptors (Lipinski definition) is 6. The number of aryl methyl sites for hydroxylation is 1. The molecular weight excluding hydrogens is 303 g/mol. The summed E-state index contributed by atoms with van der Waals surface area (Å²) in [7, 11) is 1.62. The van der Waals surface area contributed by atoms with Crippen molar-refractivity contribution in [3.63, 3.8) is 0 Å². The van der Waals surface area contributed by atoms with Gasteiger partial charge in [-0.3, -0.25) is 4.57 Å². The van der Waals surface area contributed by atoms with E-state index in [1.54, 1.807) is 23.7 Å². The number of anilines is 1. The lowest BCUT2D eigenvalue weighted by Crippen LogP contribution is -2.37. The van der Waals surface area contributed by atoms with E-state index in [2.05, 4.69) is 15.2 Å². The molecule has 8 nitrogen and oxygen atoms in total. The number of nitrogens with zero attached hydrogens (tertiary/aromatic N) is 6. The van der Waals surface area contributed by atoms with Crippen LogP contribution in [0.1, 0.15) is 5.82 Å². The first kappa shape index (κ1) is 13.7. The Labute approximate surface area is 129 Å². The average Bonchev–Trinajstić information content (AvgIpc) is 3.14. The Morgan fingerprint density at radius 2 is 2.00 bits per heavy atom. The Morgan fingerprint density at radius 3 is 2.78 bits per heavy atom. The van der Waals surface area contributed by atoms with Crippen molar-refractivity contribution in [2.75, 3.05) is 11.4 Å². The van der Waals surface area contributed by atoms with Crippen molar-refractivity contribution in [2.45, 2.75) is 13.1 Å². The molecule has 0 saturated heterocycles. The van der Waals surface area contributed by atoms with E-state index in [4.69, 9.17) is 4.52 Å². The Morgan fingerprint density at radius 1 is 1.22 bits per heavy atom. The monoisotopic (exact) mass is 316 g/mol. The maximum Gasteiger partial charge on any atom is 0.345 e. The third-order valence-electron chi connectivity index (χ3n) is 3.80. The van der Waals surface area contributed by atoms with Crippen LogP contribution in [-0.2, 0) is 20.1 Å². The minimum atomic E-state index is -0.318. The zero-order chi connectivity index (χ0) is 16.0. The van der Waals surface area contributed by atoms with Crippen LogP contribution >= 0.6 is 0 Å². The zero-order valence-electron chi connectivity index (χ0n) is 12.3. The first-order valence-electron chi connectivity index (χ1n) is 7.09. The molecule has 0 bridgehead atoms. The van der Waals surface area contributed by atoms with Crippen molar-refractivity contribution in [3.8, 4) is 11.4 Å². The summed E-state index contributed by atoms with van der Waals surface area (Å²) in [4.78, 5) is 18.0. The van der Waals surface area contributed by atoms with E-state index in [-0.39, 0.29) is 11.5 Å². The fourth-order valence-electron chi connectivity index (χ4n) is 2.59. The smallest absolute Gasteiger partial charge is 0.315 e. The Hall–Kier alpha value is -2.97. The topological polar surface area (TPSA) is 82.0 Å². The highest BCUT2D eigenvalue weighted by atomic mass is 19.1. The van der Waals surface area contributed by atoms with Crippen molar-refractivity contribution in [2.24, 2.45) is 7.05 Å². The lowest BCUT2D eigenvalue weighted by Gasteiger charge is -2.24. The average molecular weight is 316 g/mol. The van der Waals surface area contributed by atoms with E-state index in [1.807, 2.05) is 4.90 Å². The number of halogens is 1. The van der Waals surface area contributed by atoms with Gasteiger partial charge in [0.1, 0.15) is 5.82 Å². The van der Waals surface area contributed by atoms with Gasteiger partial charge in [0.15, 0.2) is 5.82 Å². The summed E-state index contributed by atoms with van der Waals surface area (Å²) in [5.74, 6) is 0.732. The van der Waals surface area contributed by atoms with Crippen LogP contribution in [0.4, 0.5) is 10.4 Å². The molecule has 23 heavy (non-hydrogen) atoms. The molecule has 0 saturated carbocycles. The predicted octanol–water partition coefficient (Wildman–Crippen LogP) is 0.791. The molecule has 0 aliphatic carbocycles. The largest absolute Gasteiger partial charge is 0.345 e. The molecule has 0 radical (unpaired) electrons. The lowest BCUT2D eigenvalue weighted by atomic mass is 10.2. The quantitative estimate of drug-likeness (QED) is 0.695. The molecule has 118 valence electrons.